The van der Waals surface area contributed by atoms with Crippen molar-refractivity contribution in [3.8, 4) is 0 Å². The molecule has 1 heterocycles. The van der Waals surface area contributed by atoms with Crippen molar-refractivity contribution in [2.45, 2.75) is 45.4 Å². The van der Waals surface area contributed by atoms with Crippen LogP contribution in [0.1, 0.15) is 51.1 Å². The molecule has 2 heteroatoms. The van der Waals surface area contributed by atoms with Gasteiger partial charge in [0.15, 0.2) is 0 Å². The van der Waals surface area contributed by atoms with Gasteiger partial charge in [-0.3, -0.25) is 4.79 Å². The second kappa shape index (κ2) is 5.63. The molecule has 0 aliphatic heterocycles. The fourth-order valence-corrected chi connectivity index (χ4v) is 1.86. The highest BCUT2D eigenvalue weighted by atomic mass is 16.1. The molecule has 0 saturated carbocycles. The number of aromatic amines is 1. The molecule has 0 unspecified atom stereocenters. The van der Waals surface area contributed by atoms with E-state index in [1.54, 1.807) is 6.07 Å². The number of hydrogen-bond donors (Lipinski definition) is 1. The van der Waals surface area contributed by atoms with Crippen molar-refractivity contribution in [2.75, 3.05) is 0 Å². The van der Waals surface area contributed by atoms with Gasteiger partial charge < -0.3 is 4.98 Å². The quantitative estimate of drug-likeness (QED) is 0.766. The van der Waals surface area contributed by atoms with E-state index in [4.69, 9.17) is 0 Å². The largest absolute Gasteiger partial charge is 0.326 e. The van der Waals surface area contributed by atoms with Gasteiger partial charge in [-0.15, -0.1) is 0 Å². The monoisotopic (exact) mass is 193 g/mol. The number of hydrogen-bond acceptors (Lipinski definition) is 1. The molecule has 0 saturated heterocycles. The molecular formula is C12H19NO. The van der Waals surface area contributed by atoms with Gasteiger partial charge in [-0.2, -0.15) is 0 Å². The zero-order valence-electron chi connectivity index (χ0n) is 9.05. The van der Waals surface area contributed by atoms with E-state index in [0.717, 1.165) is 18.5 Å². The number of aromatic nitrogens is 1. The van der Waals surface area contributed by atoms with Gasteiger partial charge >= 0.3 is 0 Å². The molecule has 2 nitrogen and oxygen atoms in total. The molecule has 78 valence electrons. The van der Waals surface area contributed by atoms with Crippen LogP contribution in [0, 0.1) is 0 Å². The topological polar surface area (TPSA) is 32.9 Å². The van der Waals surface area contributed by atoms with Crippen molar-refractivity contribution < 1.29 is 0 Å². The molecule has 0 radical (unpaired) electrons. The van der Waals surface area contributed by atoms with Crippen molar-refractivity contribution in [3.63, 3.8) is 0 Å². The molecule has 0 aliphatic rings. The van der Waals surface area contributed by atoms with Crippen LogP contribution in [0.25, 0.3) is 0 Å². The maximum Gasteiger partial charge on any atom is 0.248 e. The lowest BCUT2D eigenvalue weighted by Crippen LogP contribution is -2.10. The predicted molar refractivity (Wildman–Crippen MR) is 59.6 cm³/mol. The molecule has 0 bridgehead atoms. The molecule has 14 heavy (non-hydrogen) atoms. The summed E-state index contributed by atoms with van der Waals surface area (Å²) in [6.45, 7) is 4.37. The van der Waals surface area contributed by atoms with Crippen molar-refractivity contribution in [3.05, 3.63) is 34.2 Å². The van der Waals surface area contributed by atoms with Crippen molar-refractivity contribution >= 4 is 0 Å². The van der Waals surface area contributed by atoms with Gasteiger partial charge in [0.05, 0.1) is 0 Å². The van der Waals surface area contributed by atoms with Gasteiger partial charge in [-0.25, -0.2) is 0 Å². The van der Waals surface area contributed by atoms with Gasteiger partial charge in [0.2, 0.25) is 5.56 Å². The van der Waals surface area contributed by atoms with Gasteiger partial charge in [-0.05, 0) is 24.8 Å². The molecule has 0 aromatic carbocycles. The van der Waals surface area contributed by atoms with E-state index in [1.807, 2.05) is 12.1 Å². The normalized spacial score (nSPS) is 10.8. The zero-order chi connectivity index (χ0) is 10.4. The van der Waals surface area contributed by atoms with Crippen LogP contribution in [0.15, 0.2) is 23.0 Å². The summed E-state index contributed by atoms with van der Waals surface area (Å²) < 4.78 is 0. The fraction of sp³-hybridized carbons (Fsp3) is 0.583. The Morgan fingerprint density at radius 3 is 2.36 bits per heavy atom. The summed E-state index contributed by atoms with van der Waals surface area (Å²) in [5.41, 5.74) is 1.11. The second-order valence-corrected chi connectivity index (χ2v) is 3.74. The highest BCUT2D eigenvalue weighted by Crippen LogP contribution is 2.23. The summed E-state index contributed by atoms with van der Waals surface area (Å²) in [4.78, 5) is 14.1. The summed E-state index contributed by atoms with van der Waals surface area (Å²) in [6, 6.07) is 5.43. The number of H-pyrrole nitrogens is 1. The molecule has 1 aromatic heterocycles. The minimum atomic E-state index is 0.0136. The summed E-state index contributed by atoms with van der Waals surface area (Å²) in [5.74, 6) is 0.527. The predicted octanol–water partition coefficient (Wildman–Crippen LogP) is 3.06. The first-order valence-corrected chi connectivity index (χ1v) is 5.47. The van der Waals surface area contributed by atoms with Crippen molar-refractivity contribution in [1.29, 1.82) is 0 Å². The highest BCUT2D eigenvalue weighted by Gasteiger charge is 2.09. The lowest BCUT2D eigenvalue weighted by atomic mass is 9.94. The number of pyridine rings is 1. The van der Waals surface area contributed by atoms with E-state index < -0.39 is 0 Å². The van der Waals surface area contributed by atoms with Gasteiger partial charge in [0, 0.05) is 11.8 Å². The lowest BCUT2D eigenvalue weighted by Gasteiger charge is -2.14. The first-order chi connectivity index (χ1) is 6.77. The van der Waals surface area contributed by atoms with Crippen LogP contribution in [0.3, 0.4) is 0 Å². The van der Waals surface area contributed by atoms with Crippen molar-refractivity contribution in [2.24, 2.45) is 0 Å². The maximum atomic E-state index is 11.1. The van der Waals surface area contributed by atoms with E-state index in [9.17, 15) is 4.79 Å². The molecule has 1 N–H and O–H groups in total. The third kappa shape index (κ3) is 3.02. The van der Waals surface area contributed by atoms with E-state index in [-0.39, 0.29) is 5.56 Å². The van der Waals surface area contributed by atoms with Crippen LogP contribution < -0.4 is 5.56 Å². The molecule has 1 aromatic rings. The Bertz CT molecular complexity index is 310. The van der Waals surface area contributed by atoms with E-state index in [1.165, 1.54) is 12.8 Å². The van der Waals surface area contributed by atoms with Crippen molar-refractivity contribution in [1.82, 2.24) is 4.98 Å². The Morgan fingerprint density at radius 1 is 1.21 bits per heavy atom. The third-order valence-electron chi connectivity index (χ3n) is 2.51. The Morgan fingerprint density at radius 2 is 1.86 bits per heavy atom. The van der Waals surface area contributed by atoms with E-state index in [0.29, 0.717) is 5.92 Å². The van der Waals surface area contributed by atoms with Crippen LogP contribution in [0.5, 0.6) is 0 Å². The van der Waals surface area contributed by atoms with Crippen LogP contribution in [-0.2, 0) is 0 Å². The number of nitrogens with one attached hydrogen (secondary N) is 1. The molecule has 0 amide bonds. The third-order valence-corrected chi connectivity index (χ3v) is 2.51. The average molecular weight is 193 g/mol. The first kappa shape index (κ1) is 11.0. The van der Waals surface area contributed by atoms with Crippen LogP contribution in [0.4, 0.5) is 0 Å². The molecule has 0 spiro atoms. The van der Waals surface area contributed by atoms with Gasteiger partial charge in [0.1, 0.15) is 0 Å². The number of rotatable bonds is 5. The van der Waals surface area contributed by atoms with Crippen LogP contribution >= 0.6 is 0 Å². The highest BCUT2D eigenvalue weighted by molar-refractivity contribution is 5.09. The molecular weight excluding hydrogens is 174 g/mol. The fourth-order valence-electron chi connectivity index (χ4n) is 1.86. The van der Waals surface area contributed by atoms with Gasteiger partial charge in [0.25, 0.3) is 0 Å². The Balaban J connectivity index is 2.81. The molecule has 1 rings (SSSR count). The SMILES string of the molecule is CCCC(CCC)c1cccc(=O)[nH]1. The zero-order valence-corrected chi connectivity index (χ0v) is 9.05. The minimum absolute atomic E-state index is 0.0136. The Hall–Kier alpha value is -1.05. The Labute approximate surface area is 85.4 Å². The summed E-state index contributed by atoms with van der Waals surface area (Å²) >= 11 is 0. The summed E-state index contributed by atoms with van der Waals surface area (Å²) in [5, 5.41) is 0. The molecule has 0 aliphatic carbocycles. The lowest BCUT2D eigenvalue weighted by molar-refractivity contribution is 0.547. The molecule has 0 atom stereocenters. The second-order valence-electron chi connectivity index (χ2n) is 3.74. The van der Waals surface area contributed by atoms with Gasteiger partial charge in [-0.1, -0.05) is 32.8 Å². The standard InChI is InChI=1S/C12H19NO/c1-3-6-10(7-4-2)11-8-5-9-12(14)13-11/h5,8-10H,3-4,6-7H2,1-2H3,(H,13,14). The Kier molecular flexibility index (Phi) is 4.44. The van der Waals surface area contributed by atoms with E-state index in [2.05, 4.69) is 18.8 Å². The summed E-state index contributed by atoms with van der Waals surface area (Å²) in [7, 11) is 0. The van der Waals surface area contributed by atoms with Crippen LogP contribution in [0.2, 0.25) is 0 Å². The smallest absolute Gasteiger partial charge is 0.248 e. The summed E-state index contributed by atoms with van der Waals surface area (Å²) in [6.07, 6.45) is 4.66. The first-order valence-electron chi connectivity index (χ1n) is 5.47. The maximum absolute atomic E-state index is 11.1. The minimum Gasteiger partial charge on any atom is -0.326 e. The van der Waals surface area contributed by atoms with E-state index >= 15 is 0 Å². The molecule has 0 fully saturated rings. The average Bonchev–Trinajstić information content (AvgIpc) is 2.17. The van der Waals surface area contributed by atoms with Crippen LogP contribution in [-0.4, -0.2) is 4.98 Å².